The monoisotopic (exact) mass is 2050 g/mol. The number of ether oxygens (including phenoxy) is 2. The van der Waals surface area contributed by atoms with E-state index in [-0.39, 0.29) is 136 Å². The summed E-state index contributed by atoms with van der Waals surface area (Å²) in [7, 11) is 6.87. The lowest BCUT2D eigenvalue weighted by atomic mass is 9.91. The van der Waals surface area contributed by atoms with Crippen molar-refractivity contribution in [2.24, 2.45) is 23.7 Å². The molecule has 12 atom stereocenters. The number of anilines is 2. The van der Waals surface area contributed by atoms with Crippen LogP contribution in [-0.4, -0.2) is 231 Å². The van der Waals surface area contributed by atoms with Gasteiger partial charge in [0.2, 0.25) is 47.3 Å². The zero-order chi connectivity index (χ0) is 104. The zero-order valence-corrected chi connectivity index (χ0v) is 88.0. The van der Waals surface area contributed by atoms with Crippen molar-refractivity contribution in [2.45, 2.75) is 235 Å². The quantitative estimate of drug-likeness (QED) is 0.0187. The highest BCUT2D eigenvalue weighted by Crippen LogP contribution is 2.41. The summed E-state index contributed by atoms with van der Waals surface area (Å²) in [6.07, 6.45) is -2.32. The highest BCUT2D eigenvalue weighted by Gasteiger charge is 2.48. The van der Waals surface area contributed by atoms with Crippen molar-refractivity contribution >= 4 is 104 Å². The number of hydrogen-bond donors (Lipinski definition) is 10. The van der Waals surface area contributed by atoms with Crippen molar-refractivity contribution in [3.05, 3.63) is 210 Å². The van der Waals surface area contributed by atoms with E-state index in [0.717, 1.165) is 98.2 Å². The summed E-state index contributed by atoms with van der Waals surface area (Å²) < 4.78 is 32.7. The molecule has 4 aliphatic rings. The number of amides is 8. The third-order valence-electron chi connectivity index (χ3n) is 26.2. The third kappa shape index (κ3) is 25.7. The second-order valence-corrected chi connectivity index (χ2v) is 41.6. The zero-order valence-electron chi connectivity index (χ0n) is 84.8. The number of aryl methyl sites for hydroxylation is 8. The lowest BCUT2D eigenvalue weighted by Crippen LogP contribution is -2.48. The Morgan fingerprint density at radius 1 is 0.347 bits per heavy atom. The smallest absolute Gasteiger partial charge is 0.243 e. The van der Waals surface area contributed by atoms with Crippen molar-refractivity contribution in [3.63, 3.8) is 0 Å². The van der Waals surface area contributed by atoms with Gasteiger partial charge in [0.1, 0.15) is 82.4 Å². The van der Waals surface area contributed by atoms with Gasteiger partial charge in [0.05, 0.1) is 126 Å². The summed E-state index contributed by atoms with van der Waals surface area (Å²) in [4.78, 5) is 135. The molecular weight excluding hydrogens is 1920 g/mol. The highest BCUT2D eigenvalue weighted by atomic mass is 32.1. The van der Waals surface area contributed by atoms with Crippen LogP contribution in [0.2, 0.25) is 0 Å². The predicted octanol–water partition coefficient (Wildman–Crippen LogP) is 13.8. The molecule has 8 aromatic heterocycles. The first-order valence-corrected chi connectivity index (χ1v) is 51.6. The Labute approximate surface area is 853 Å². The van der Waals surface area contributed by atoms with Crippen LogP contribution in [0.25, 0.3) is 41.8 Å². The van der Waals surface area contributed by atoms with Gasteiger partial charge in [-0.2, -0.15) is 0 Å². The molecule has 4 aliphatic heterocycles. The molecule has 16 rings (SSSR count). The number of aliphatic hydroxyl groups is 4. The molecular formula is C104H130N18O18S4. The Balaban J connectivity index is 0.000000161. The molecule has 4 aromatic carbocycles. The number of β-amino-alcohol motifs (C(OH)–C–C–N with tert-alkyl or cyclic N) is 4. The van der Waals surface area contributed by atoms with Gasteiger partial charge in [0.25, 0.3) is 0 Å². The van der Waals surface area contributed by atoms with E-state index < -0.39 is 72.3 Å². The summed E-state index contributed by atoms with van der Waals surface area (Å²) in [6.45, 7) is 31.9. The molecule has 768 valence electrons. The predicted molar refractivity (Wildman–Crippen MR) is 549 cm³/mol. The molecule has 0 radical (unpaired) electrons. The average Bonchev–Trinajstić information content (AvgIpc) is 1.65. The molecule has 4 saturated heterocycles. The van der Waals surface area contributed by atoms with Crippen LogP contribution < -0.4 is 41.4 Å². The molecule has 0 saturated carbocycles. The number of methoxy groups -OCH3 is 2. The number of hydrogen-bond acceptors (Lipinski definition) is 32. The number of nitrogens with zero attached hydrogens (tertiary/aromatic N) is 12. The Morgan fingerprint density at radius 2 is 0.569 bits per heavy atom. The number of carbonyl (C=O) groups excluding carboxylic acids is 8. The standard InChI is InChI=1S/2C26H33N5O4S.2C26H32N4O5S/c2*1-14(2)23(22-8-15(3)30-35-22)26(34)31-12-19(32)10-21(31)25(33)28-11-18-7-6-17(9-20(18)27-5)24-16(4)29-13-36-24;2*1-14(2)23(22-8-15(3)29-35-22)26(33)30-12-19(31)10-20(30)25(32)27-11-18-7-6-17(9-21(18)34-5)24-16(4)28-13-36-24/h2*6-9,13-14,19,21,23,27,32H,10-12H2,1-5H3,(H,28,33);2*6-9,13-14,19-20,23,31H,10-12H2,1-5H3,(H,27,32)/t2*19-,21+,23?;2*19-,20+,23?/m1010/s1. The second kappa shape index (κ2) is 48.6. The van der Waals surface area contributed by atoms with Crippen LogP contribution in [0.15, 0.2) is 137 Å². The van der Waals surface area contributed by atoms with E-state index >= 15 is 0 Å². The summed E-state index contributed by atoms with van der Waals surface area (Å²) in [5.74, 6) is -1.61. The largest absolute Gasteiger partial charge is 0.496 e. The summed E-state index contributed by atoms with van der Waals surface area (Å²) >= 11 is 6.30. The molecule has 4 unspecified atom stereocenters. The summed E-state index contributed by atoms with van der Waals surface area (Å²) in [5.41, 5.74) is 23.3. The molecule has 0 spiro atoms. The van der Waals surface area contributed by atoms with Crippen molar-refractivity contribution in [1.82, 2.24) is 81.4 Å². The number of benzene rings is 4. The number of aliphatic hydroxyl groups excluding tert-OH is 4. The molecule has 36 nitrogen and oxygen atoms in total. The lowest BCUT2D eigenvalue weighted by molar-refractivity contribution is -0.141. The maximum absolute atomic E-state index is 13.5. The van der Waals surface area contributed by atoms with E-state index in [9.17, 15) is 58.8 Å². The molecule has 8 amide bonds. The molecule has 10 N–H and O–H groups in total. The molecule has 40 heteroatoms. The number of rotatable bonds is 32. The SMILES string of the molecule is CNc1cc(-c2scnc2C)ccc1CNC(=O)[C@@H]1C[C@@H](O)CN1C(=O)C(c1cc(C)no1)C(C)C.CNc1cc(-c2scnc2C)ccc1CNC(=O)[C@H]1C[C@H](O)CN1C(=O)C(c1cc(C)no1)C(C)C.COc1cc(-c2scnc2C)ccc1CNC(=O)[C@@H]1C[C@@H](O)CN1C(=O)C(c1cc(C)no1)C(C)C.COc1cc(-c2scnc2C)ccc1CNC(=O)[C@H]1C[C@H](O)CN1C(=O)C(c1cc(C)no1)C(C)C. The van der Waals surface area contributed by atoms with E-state index in [1.165, 1.54) is 19.6 Å². The Morgan fingerprint density at radius 3 is 0.764 bits per heavy atom. The maximum Gasteiger partial charge on any atom is 0.243 e. The lowest BCUT2D eigenvalue weighted by Gasteiger charge is -2.28. The van der Waals surface area contributed by atoms with Crippen LogP contribution in [0.3, 0.4) is 0 Å². The van der Waals surface area contributed by atoms with Crippen LogP contribution in [0.4, 0.5) is 11.4 Å². The molecule has 4 fully saturated rings. The Bertz CT molecular complexity index is 5710. The normalized spacial score (nSPS) is 18.5. The number of thiazole rings is 4. The van der Waals surface area contributed by atoms with E-state index in [2.05, 4.69) is 72.5 Å². The minimum Gasteiger partial charge on any atom is -0.496 e. The number of aromatic nitrogens is 8. The molecule has 12 heterocycles. The van der Waals surface area contributed by atoms with Gasteiger partial charge in [-0.25, -0.2) is 19.9 Å². The van der Waals surface area contributed by atoms with Crippen molar-refractivity contribution in [2.75, 3.05) is 65.1 Å². The van der Waals surface area contributed by atoms with Gasteiger partial charge in [-0.15, -0.1) is 45.3 Å². The molecule has 0 aliphatic carbocycles. The number of nitrogens with one attached hydrogen (secondary N) is 6. The van der Waals surface area contributed by atoms with Crippen molar-refractivity contribution < 1.29 is 86.3 Å². The van der Waals surface area contributed by atoms with Gasteiger partial charge in [-0.3, -0.25) is 38.4 Å². The van der Waals surface area contributed by atoms with Gasteiger partial charge in [0.15, 0.2) is 0 Å². The van der Waals surface area contributed by atoms with Crippen LogP contribution >= 0.6 is 45.3 Å². The average molecular weight is 2050 g/mol. The highest BCUT2D eigenvalue weighted by molar-refractivity contribution is 7.14. The van der Waals surface area contributed by atoms with Crippen molar-refractivity contribution in [1.29, 1.82) is 0 Å². The third-order valence-corrected chi connectivity index (χ3v) is 30.1. The summed E-state index contributed by atoms with van der Waals surface area (Å²) in [6, 6.07) is 27.7. The maximum atomic E-state index is 13.5. The second-order valence-electron chi connectivity index (χ2n) is 38.2. The van der Waals surface area contributed by atoms with E-state index in [1.54, 1.807) is 112 Å². The Kier molecular flexibility index (Phi) is 36.6. The van der Waals surface area contributed by atoms with Crippen LogP contribution in [-0.2, 0) is 64.5 Å². The van der Waals surface area contributed by atoms with Gasteiger partial charge in [0, 0.05) is 139 Å². The van der Waals surface area contributed by atoms with Gasteiger partial charge in [-0.1, -0.05) is 125 Å². The minimum atomic E-state index is -0.775. The molecule has 12 aromatic rings. The number of carbonyl (C=O) groups is 8. The topological polar surface area (TPSA) is 477 Å². The first-order chi connectivity index (χ1) is 68.8. The fraction of sp³-hybridized carbons (Fsp3) is 0.462. The van der Waals surface area contributed by atoms with E-state index in [0.29, 0.717) is 70.4 Å². The fourth-order valence-corrected chi connectivity index (χ4v) is 22.0. The van der Waals surface area contributed by atoms with Gasteiger partial charge < -0.3 is 99.5 Å². The molecule has 0 bridgehead atoms. The van der Waals surface area contributed by atoms with Crippen LogP contribution in [0.5, 0.6) is 11.5 Å². The first kappa shape index (κ1) is 108. The van der Waals surface area contributed by atoms with E-state index in [4.69, 9.17) is 27.6 Å². The summed E-state index contributed by atoms with van der Waals surface area (Å²) in [5, 5.41) is 75.3. The molecule has 144 heavy (non-hydrogen) atoms. The van der Waals surface area contributed by atoms with Gasteiger partial charge in [-0.05, 0) is 137 Å². The van der Waals surface area contributed by atoms with Crippen LogP contribution in [0, 0.1) is 79.1 Å². The fourth-order valence-electron chi connectivity index (χ4n) is 18.8. The van der Waals surface area contributed by atoms with Gasteiger partial charge >= 0.3 is 0 Å². The Hall–Kier alpha value is -13.0. The van der Waals surface area contributed by atoms with Crippen LogP contribution in [0.1, 0.15) is 196 Å². The first-order valence-electron chi connectivity index (χ1n) is 48.1. The van der Waals surface area contributed by atoms with E-state index in [1.807, 2.05) is 192 Å². The minimum absolute atomic E-state index is 0.0646. The number of likely N-dealkylation sites (tertiary alicyclic amines) is 4. The van der Waals surface area contributed by atoms with Crippen molar-refractivity contribution in [3.8, 4) is 53.3 Å².